The second kappa shape index (κ2) is 6.42. The number of fused-ring (bicyclic) bond motifs is 1. The number of hydrogen-bond donors (Lipinski definition) is 4. The summed E-state index contributed by atoms with van der Waals surface area (Å²) in [5.41, 5.74) is 1.24. The van der Waals surface area contributed by atoms with Gasteiger partial charge in [0, 0.05) is 12.2 Å². The van der Waals surface area contributed by atoms with Gasteiger partial charge in [-0.15, -0.1) is 0 Å². The average Bonchev–Trinajstić information content (AvgIpc) is 2.96. The van der Waals surface area contributed by atoms with Gasteiger partial charge in [-0.25, -0.2) is 4.79 Å². The third-order valence-corrected chi connectivity index (χ3v) is 3.02. The second-order valence-corrected chi connectivity index (χ2v) is 4.35. The Hall–Kier alpha value is -2.32. The Kier molecular flexibility index (Phi) is 4.61. The van der Waals surface area contributed by atoms with Gasteiger partial charge < -0.3 is 25.0 Å². The summed E-state index contributed by atoms with van der Waals surface area (Å²) in [6.07, 6.45) is -0.907. The summed E-state index contributed by atoms with van der Waals surface area (Å²) in [6.45, 7) is -0.231. The van der Waals surface area contributed by atoms with Crippen LogP contribution in [-0.2, 0) is 4.74 Å². The number of nitrogens with zero attached hydrogens (tertiary/aromatic N) is 1. The highest BCUT2D eigenvalue weighted by Crippen LogP contribution is 2.32. The van der Waals surface area contributed by atoms with Gasteiger partial charge in [0.05, 0.1) is 32.3 Å². The fourth-order valence-electron chi connectivity index (χ4n) is 1.96. The molecule has 0 saturated carbocycles. The first-order chi connectivity index (χ1) is 10.1. The molecule has 114 valence electrons. The van der Waals surface area contributed by atoms with Crippen LogP contribution in [0.25, 0.3) is 10.9 Å². The molecule has 0 fully saturated rings. The molecular weight excluding hydrogens is 278 g/mol. The highest BCUT2D eigenvalue weighted by molar-refractivity contribution is 6.09. The molecule has 2 rings (SSSR count). The summed E-state index contributed by atoms with van der Waals surface area (Å²) in [4.78, 5) is 11.8. The van der Waals surface area contributed by atoms with Crippen molar-refractivity contribution in [3.05, 3.63) is 17.8 Å². The van der Waals surface area contributed by atoms with E-state index >= 15 is 0 Å². The van der Waals surface area contributed by atoms with Crippen molar-refractivity contribution in [1.82, 2.24) is 10.2 Å². The third-order valence-electron chi connectivity index (χ3n) is 3.02. The van der Waals surface area contributed by atoms with Gasteiger partial charge in [-0.3, -0.25) is 5.10 Å². The smallest absolute Gasteiger partial charge is 0.356 e. The minimum absolute atomic E-state index is 0.129. The SMILES string of the molecule is COC(=O)c1[nH]nc2c(OC)ccc(NCC(O)CO)c12. The Bertz CT molecular complexity index is 640. The van der Waals surface area contributed by atoms with Crippen LogP contribution >= 0.6 is 0 Å². The first-order valence-electron chi connectivity index (χ1n) is 6.28. The van der Waals surface area contributed by atoms with Crippen molar-refractivity contribution in [1.29, 1.82) is 0 Å². The summed E-state index contributed by atoms with van der Waals surface area (Å²) < 4.78 is 9.91. The van der Waals surface area contributed by atoms with Gasteiger partial charge in [0.1, 0.15) is 11.3 Å². The molecule has 2 aromatic rings. The van der Waals surface area contributed by atoms with E-state index in [2.05, 4.69) is 15.5 Å². The largest absolute Gasteiger partial charge is 0.494 e. The van der Waals surface area contributed by atoms with E-state index in [-0.39, 0.29) is 18.8 Å². The number of nitrogens with one attached hydrogen (secondary N) is 2. The molecule has 8 heteroatoms. The molecule has 0 saturated heterocycles. The highest BCUT2D eigenvalue weighted by Gasteiger charge is 2.20. The van der Waals surface area contributed by atoms with Crippen molar-refractivity contribution in [3.8, 4) is 5.75 Å². The molecule has 21 heavy (non-hydrogen) atoms. The quantitative estimate of drug-likeness (QED) is 0.559. The molecule has 0 aliphatic heterocycles. The Labute approximate surface area is 120 Å². The number of carbonyl (C=O) groups is 1. The first kappa shape index (κ1) is 15.1. The Morgan fingerprint density at radius 2 is 2.24 bits per heavy atom. The number of carbonyl (C=O) groups excluding carboxylic acids is 1. The fourth-order valence-corrected chi connectivity index (χ4v) is 1.96. The number of hydrogen-bond acceptors (Lipinski definition) is 7. The van der Waals surface area contributed by atoms with Crippen LogP contribution < -0.4 is 10.1 Å². The van der Waals surface area contributed by atoms with Gasteiger partial charge in [-0.1, -0.05) is 0 Å². The monoisotopic (exact) mass is 295 g/mol. The number of anilines is 1. The van der Waals surface area contributed by atoms with Gasteiger partial charge in [-0.2, -0.15) is 5.10 Å². The Morgan fingerprint density at radius 1 is 1.48 bits per heavy atom. The molecule has 0 radical (unpaired) electrons. The predicted octanol–water partition coefficient (Wildman–Crippen LogP) is 0.123. The summed E-state index contributed by atoms with van der Waals surface area (Å²) >= 11 is 0. The molecule has 4 N–H and O–H groups in total. The molecule has 0 bridgehead atoms. The van der Waals surface area contributed by atoms with E-state index in [1.807, 2.05) is 0 Å². The van der Waals surface area contributed by atoms with Gasteiger partial charge >= 0.3 is 5.97 Å². The lowest BCUT2D eigenvalue weighted by Gasteiger charge is -2.12. The van der Waals surface area contributed by atoms with Gasteiger partial charge in [0.25, 0.3) is 0 Å². The van der Waals surface area contributed by atoms with Crippen LogP contribution in [0.1, 0.15) is 10.5 Å². The zero-order valence-corrected chi connectivity index (χ0v) is 11.7. The average molecular weight is 295 g/mol. The normalized spacial score (nSPS) is 12.2. The van der Waals surface area contributed by atoms with E-state index in [1.54, 1.807) is 12.1 Å². The number of aromatic nitrogens is 2. The number of aliphatic hydroxyl groups excluding tert-OH is 2. The van der Waals surface area contributed by atoms with Gasteiger partial charge in [0.2, 0.25) is 0 Å². The molecule has 0 spiro atoms. The maximum Gasteiger partial charge on any atom is 0.356 e. The zero-order valence-electron chi connectivity index (χ0n) is 11.7. The molecule has 1 unspecified atom stereocenters. The minimum atomic E-state index is -0.907. The fraction of sp³-hybridized carbons (Fsp3) is 0.385. The van der Waals surface area contributed by atoms with Crippen LogP contribution in [0.2, 0.25) is 0 Å². The number of rotatable bonds is 6. The summed E-state index contributed by atoms with van der Waals surface area (Å²) in [5.74, 6) is -0.0545. The van der Waals surface area contributed by atoms with Crippen molar-refractivity contribution in [2.75, 3.05) is 32.7 Å². The molecule has 1 heterocycles. The summed E-state index contributed by atoms with van der Waals surface area (Å²) in [5, 5.41) is 28.4. The minimum Gasteiger partial charge on any atom is -0.494 e. The van der Waals surface area contributed by atoms with E-state index in [0.717, 1.165) is 0 Å². The zero-order chi connectivity index (χ0) is 15.4. The van der Waals surface area contributed by atoms with Gasteiger partial charge in [-0.05, 0) is 12.1 Å². The van der Waals surface area contributed by atoms with E-state index in [1.165, 1.54) is 14.2 Å². The van der Waals surface area contributed by atoms with Crippen LogP contribution in [-0.4, -0.2) is 59.9 Å². The molecule has 0 amide bonds. The number of benzene rings is 1. The van der Waals surface area contributed by atoms with E-state index < -0.39 is 12.1 Å². The lowest BCUT2D eigenvalue weighted by molar-refractivity contribution is 0.0596. The predicted molar refractivity (Wildman–Crippen MR) is 75.6 cm³/mol. The van der Waals surface area contributed by atoms with Crippen molar-refractivity contribution in [2.24, 2.45) is 0 Å². The van der Waals surface area contributed by atoms with Crippen molar-refractivity contribution >= 4 is 22.6 Å². The van der Waals surface area contributed by atoms with Gasteiger partial charge in [0.15, 0.2) is 5.69 Å². The number of esters is 1. The van der Waals surface area contributed by atoms with Crippen LogP contribution in [0, 0.1) is 0 Å². The third kappa shape index (κ3) is 2.91. The van der Waals surface area contributed by atoms with Crippen molar-refractivity contribution in [2.45, 2.75) is 6.10 Å². The molecule has 8 nitrogen and oxygen atoms in total. The van der Waals surface area contributed by atoms with Crippen LogP contribution in [0.15, 0.2) is 12.1 Å². The van der Waals surface area contributed by atoms with Crippen LogP contribution in [0.3, 0.4) is 0 Å². The van der Waals surface area contributed by atoms with Crippen LogP contribution in [0.5, 0.6) is 5.75 Å². The van der Waals surface area contributed by atoms with E-state index in [9.17, 15) is 9.90 Å². The number of methoxy groups -OCH3 is 2. The second-order valence-electron chi connectivity index (χ2n) is 4.35. The highest BCUT2D eigenvalue weighted by atomic mass is 16.5. The molecule has 1 aromatic heterocycles. The Morgan fingerprint density at radius 3 is 2.86 bits per heavy atom. The topological polar surface area (TPSA) is 117 Å². The first-order valence-corrected chi connectivity index (χ1v) is 6.28. The number of aliphatic hydroxyl groups is 2. The standard InChI is InChI=1S/C13H17N3O5/c1-20-9-4-3-8(14-5-7(18)6-17)10-11(9)15-16-12(10)13(19)21-2/h3-4,7,14,17-18H,5-6H2,1-2H3,(H,15,16). The number of ether oxygens (including phenoxy) is 2. The number of H-pyrrole nitrogens is 1. The molecular formula is C13H17N3O5. The van der Waals surface area contributed by atoms with E-state index in [4.69, 9.17) is 14.6 Å². The Balaban J connectivity index is 2.49. The van der Waals surface area contributed by atoms with Crippen LogP contribution in [0.4, 0.5) is 5.69 Å². The van der Waals surface area contributed by atoms with E-state index in [0.29, 0.717) is 22.3 Å². The molecule has 0 aliphatic carbocycles. The van der Waals surface area contributed by atoms with Crippen molar-refractivity contribution in [3.63, 3.8) is 0 Å². The maximum absolute atomic E-state index is 11.8. The van der Waals surface area contributed by atoms with Crippen molar-refractivity contribution < 1.29 is 24.5 Å². The summed E-state index contributed by atoms with van der Waals surface area (Å²) in [7, 11) is 2.78. The molecule has 0 aliphatic rings. The summed E-state index contributed by atoms with van der Waals surface area (Å²) in [6, 6.07) is 3.39. The lowest BCUT2D eigenvalue weighted by Crippen LogP contribution is -2.23. The molecule has 1 aromatic carbocycles. The number of aromatic amines is 1. The molecule has 1 atom stereocenters. The lowest BCUT2D eigenvalue weighted by atomic mass is 10.1. The maximum atomic E-state index is 11.8.